The molecule has 0 bridgehead atoms. The molecule has 2 aromatic carbocycles. The van der Waals surface area contributed by atoms with Gasteiger partial charge in [0.25, 0.3) is 10.0 Å². The van der Waals surface area contributed by atoms with Gasteiger partial charge in [0, 0.05) is 6.54 Å². The van der Waals surface area contributed by atoms with Crippen molar-refractivity contribution in [1.29, 1.82) is 0 Å². The average molecular weight is 321 g/mol. The molecule has 0 atom stereocenters. The second kappa shape index (κ2) is 7.16. The van der Waals surface area contributed by atoms with E-state index in [1.807, 2.05) is 30.3 Å². The first-order valence-corrected chi connectivity index (χ1v) is 8.12. The summed E-state index contributed by atoms with van der Waals surface area (Å²) in [5.74, 6) is 0. The van der Waals surface area contributed by atoms with E-state index in [0.29, 0.717) is 6.54 Å². The van der Waals surface area contributed by atoms with Crippen molar-refractivity contribution in [3.05, 3.63) is 66.2 Å². The van der Waals surface area contributed by atoms with E-state index in [1.54, 1.807) is 18.2 Å². The van der Waals surface area contributed by atoms with Crippen LogP contribution in [-0.4, -0.2) is 13.5 Å². The van der Waals surface area contributed by atoms with Crippen LogP contribution in [0.1, 0.15) is 5.56 Å². The highest BCUT2D eigenvalue weighted by Gasteiger charge is 2.12. The lowest BCUT2D eigenvalue weighted by atomic mass is 10.2. The summed E-state index contributed by atoms with van der Waals surface area (Å²) in [6.07, 6.45) is 0. The van der Waals surface area contributed by atoms with Crippen LogP contribution in [0.4, 0.5) is 0 Å². The zero-order chi connectivity index (χ0) is 15.1. The number of hydrazine groups is 1. The number of hydrogen-bond donors (Lipinski definition) is 3. The Morgan fingerprint density at radius 2 is 1.52 bits per heavy atom. The molecule has 0 saturated carbocycles. The molecule has 0 spiro atoms. The molecule has 0 saturated heterocycles. The summed E-state index contributed by atoms with van der Waals surface area (Å²) in [5.41, 5.74) is 3.52. The van der Waals surface area contributed by atoms with Gasteiger partial charge in [-0.25, -0.2) is 8.42 Å². The maximum Gasteiger partial charge on any atom is 0.257 e. The van der Waals surface area contributed by atoms with Crippen molar-refractivity contribution in [3.63, 3.8) is 0 Å². The Labute approximate surface area is 129 Å². The Morgan fingerprint density at radius 3 is 2.14 bits per heavy atom. The van der Waals surface area contributed by atoms with Crippen molar-refractivity contribution in [3.8, 4) is 0 Å². The Morgan fingerprint density at radius 1 is 0.952 bits per heavy atom. The molecule has 0 fully saturated rings. The van der Waals surface area contributed by atoms with E-state index in [-0.39, 0.29) is 10.0 Å². The van der Waals surface area contributed by atoms with E-state index in [1.165, 1.54) is 12.1 Å². The molecule has 0 aliphatic rings. The summed E-state index contributed by atoms with van der Waals surface area (Å²) in [4.78, 5) is 2.40. The molecule has 7 heteroatoms. The van der Waals surface area contributed by atoms with E-state index < -0.39 is 10.0 Å². The maximum absolute atomic E-state index is 11.9. The number of nitrogens with one attached hydrogen (secondary N) is 3. The molecule has 0 amide bonds. The van der Waals surface area contributed by atoms with Crippen molar-refractivity contribution >= 4 is 27.4 Å². The zero-order valence-corrected chi connectivity index (χ0v) is 12.7. The average Bonchev–Trinajstić information content (AvgIpc) is 2.53. The lowest BCUT2D eigenvalue weighted by Crippen LogP contribution is -2.46. The molecule has 0 radical (unpaired) electrons. The monoisotopic (exact) mass is 321 g/mol. The predicted molar refractivity (Wildman–Crippen MR) is 85.8 cm³/mol. The van der Waals surface area contributed by atoms with Gasteiger partial charge in [-0.1, -0.05) is 48.5 Å². The summed E-state index contributed by atoms with van der Waals surface area (Å²) in [6.45, 7) is 0.514. The highest BCUT2D eigenvalue weighted by molar-refractivity contribution is 7.89. The van der Waals surface area contributed by atoms with Gasteiger partial charge in [-0.2, -0.15) is 0 Å². The number of thiocarbonyl (C=S) groups is 1. The fourth-order valence-electron chi connectivity index (χ4n) is 1.59. The Bertz CT molecular complexity index is 689. The fraction of sp³-hybridized carbons (Fsp3) is 0.0714. The van der Waals surface area contributed by atoms with Crippen molar-refractivity contribution < 1.29 is 8.42 Å². The molecule has 0 unspecified atom stereocenters. The largest absolute Gasteiger partial charge is 0.358 e. The third-order valence-corrected chi connectivity index (χ3v) is 4.16. The highest BCUT2D eigenvalue weighted by Crippen LogP contribution is 2.05. The van der Waals surface area contributed by atoms with Crippen LogP contribution in [-0.2, 0) is 16.6 Å². The molecule has 3 N–H and O–H groups in total. The SMILES string of the molecule is O=S(=O)(NNC(=S)NCc1ccccc1)c1ccccc1. The first kappa shape index (κ1) is 15.4. The number of benzene rings is 2. The summed E-state index contributed by atoms with van der Waals surface area (Å²) < 4.78 is 23.9. The quantitative estimate of drug-likeness (QED) is 0.576. The first-order chi connectivity index (χ1) is 10.1. The van der Waals surface area contributed by atoms with Gasteiger partial charge in [-0.05, 0) is 29.9 Å². The van der Waals surface area contributed by atoms with E-state index in [4.69, 9.17) is 12.2 Å². The molecule has 110 valence electrons. The molecule has 2 aromatic rings. The van der Waals surface area contributed by atoms with Crippen LogP contribution in [0.3, 0.4) is 0 Å². The number of hydrogen-bond acceptors (Lipinski definition) is 3. The number of sulfonamides is 1. The normalized spacial score (nSPS) is 10.9. The minimum Gasteiger partial charge on any atom is -0.358 e. The minimum absolute atomic E-state index is 0.170. The second-order valence-corrected chi connectivity index (χ2v) is 6.30. The summed E-state index contributed by atoms with van der Waals surface area (Å²) in [7, 11) is -3.63. The van der Waals surface area contributed by atoms with Crippen molar-refractivity contribution in [2.24, 2.45) is 0 Å². The van der Waals surface area contributed by atoms with Crippen LogP contribution in [0.5, 0.6) is 0 Å². The van der Waals surface area contributed by atoms with Crippen LogP contribution >= 0.6 is 12.2 Å². The van der Waals surface area contributed by atoms with E-state index in [0.717, 1.165) is 5.56 Å². The Kier molecular flexibility index (Phi) is 5.26. The van der Waals surface area contributed by atoms with E-state index in [2.05, 4.69) is 15.6 Å². The molecular weight excluding hydrogens is 306 g/mol. The molecule has 0 aromatic heterocycles. The van der Waals surface area contributed by atoms with Gasteiger partial charge in [0.2, 0.25) is 0 Å². The van der Waals surface area contributed by atoms with Crippen LogP contribution < -0.4 is 15.6 Å². The zero-order valence-electron chi connectivity index (χ0n) is 11.1. The number of rotatable bonds is 5. The van der Waals surface area contributed by atoms with Gasteiger partial charge in [-0.15, -0.1) is 4.83 Å². The highest BCUT2D eigenvalue weighted by atomic mass is 32.2. The van der Waals surface area contributed by atoms with Gasteiger partial charge >= 0.3 is 0 Å². The van der Waals surface area contributed by atoms with Crippen molar-refractivity contribution in [2.45, 2.75) is 11.4 Å². The van der Waals surface area contributed by atoms with Gasteiger partial charge in [0.1, 0.15) is 0 Å². The van der Waals surface area contributed by atoms with Crippen LogP contribution in [0.15, 0.2) is 65.6 Å². The third-order valence-electron chi connectivity index (χ3n) is 2.65. The van der Waals surface area contributed by atoms with Gasteiger partial charge < -0.3 is 5.32 Å². The predicted octanol–water partition coefficient (Wildman–Crippen LogP) is 1.54. The summed E-state index contributed by atoms with van der Waals surface area (Å²) in [6, 6.07) is 17.7. The van der Waals surface area contributed by atoms with Crippen LogP contribution in [0.2, 0.25) is 0 Å². The molecule has 21 heavy (non-hydrogen) atoms. The Hall–Kier alpha value is -1.96. The topological polar surface area (TPSA) is 70.2 Å². The van der Waals surface area contributed by atoms with Crippen molar-refractivity contribution in [2.75, 3.05) is 0 Å². The van der Waals surface area contributed by atoms with Crippen LogP contribution in [0.25, 0.3) is 0 Å². The third kappa shape index (κ3) is 4.82. The lowest BCUT2D eigenvalue weighted by Gasteiger charge is -2.12. The van der Waals surface area contributed by atoms with Gasteiger partial charge in [0.05, 0.1) is 4.90 Å². The van der Waals surface area contributed by atoms with Gasteiger partial charge in [0.15, 0.2) is 5.11 Å². The molecule has 5 nitrogen and oxygen atoms in total. The van der Waals surface area contributed by atoms with E-state index in [9.17, 15) is 8.42 Å². The van der Waals surface area contributed by atoms with Gasteiger partial charge in [-0.3, -0.25) is 5.43 Å². The standard InChI is InChI=1S/C14H15N3O2S2/c18-21(19,13-9-5-2-6-10-13)17-16-14(20)15-11-12-7-3-1-4-8-12/h1-10,17H,11H2,(H2,15,16,20). The maximum atomic E-state index is 11.9. The second-order valence-electron chi connectivity index (χ2n) is 4.21. The van der Waals surface area contributed by atoms with Crippen LogP contribution in [0, 0.1) is 0 Å². The van der Waals surface area contributed by atoms with Crippen molar-refractivity contribution in [1.82, 2.24) is 15.6 Å². The lowest BCUT2D eigenvalue weighted by molar-refractivity contribution is 0.576. The summed E-state index contributed by atoms with van der Waals surface area (Å²) >= 11 is 5.02. The molecule has 0 aliphatic carbocycles. The first-order valence-electron chi connectivity index (χ1n) is 6.22. The molecular formula is C14H15N3O2S2. The molecule has 0 heterocycles. The smallest absolute Gasteiger partial charge is 0.257 e. The fourth-order valence-corrected chi connectivity index (χ4v) is 2.65. The molecule has 2 rings (SSSR count). The molecule has 0 aliphatic heterocycles. The van der Waals surface area contributed by atoms with E-state index >= 15 is 0 Å². The Balaban J connectivity index is 1.84. The minimum atomic E-state index is -3.63. The summed E-state index contributed by atoms with van der Waals surface area (Å²) in [5, 5.41) is 3.12.